The first kappa shape index (κ1) is 11.7. The highest BCUT2D eigenvalue weighted by atomic mass is 35.7. The van der Waals surface area contributed by atoms with Crippen molar-refractivity contribution in [1.29, 1.82) is 0 Å². The fourth-order valence-electron chi connectivity index (χ4n) is 0.707. The number of halogens is 1. The van der Waals surface area contributed by atoms with Crippen LogP contribution in [0.25, 0.3) is 0 Å². The standard InChI is InChI=1S/C4H10ClNO4SSi/c1-12(2,3)6(4(7)8)11(5,9)10/h1-3H3,(H,7,8). The van der Waals surface area contributed by atoms with Gasteiger partial charge in [0.15, 0.2) is 8.24 Å². The highest BCUT2D eigenvalue weighted by Gasteiger charge is 2.37. The topological polar surface area (TPSA) is 74.7 Å². The van der Waals surface area contributed by atoms with Crippen molar-refractivity contribution < 1.29 is 18.3 Å². The quantitative estimate of drug-likeness (QED) is 0.574. The molecule has 0 spiro atoms. The van der Waals surface area contributed by atoms with Gasteiger partial charge in [-0.2, -0.15) is 8.42 Å². The molecule has 8 heteroatoms. The van der Waals surface area contributed by atoms with Crippen LogP contribution >= 0.6 is 10.7 Å². The van der Waals surface area contributed by atoms with E-state index >= 15 is 0 Å². The van der Waals surface area contributed by atoms with Gasteiger partial charge in [-0.3, -0.25) is 0 Å². The lowest BCUT2D eigenvalue weighted by Gasteiger charge is -2.27. The van der Waals surface area contributed by atoms with Gasteiger partial charge in [0, 0.05) is 10.7 Å². The summed E-state index contributed by atoms with van der Waals surface area (Å²) in [6.45, 7) is 4.71. The lowest BCUT2D eigenvalue weighted by atomic mass is 11.3. The number of hydrogen-bond acceptors (Lipinski definition) is 3. The van der Waals surface area contributed by atoms with Crippen LogP contribution in [0.3, 0.4) is 0 Å². The molecular weight excluding hydrogens is 222 g/mol. The second-order valence-corrected chi connectivity index (χ2v) is 10.6. The number of nitrogens with zero attached hydrogens (tertiary/aromatic N) is 1. The SMILES string of the molecule is C[Si](C)(C)N(C(=O)O)S(=O)(=O)Cl. The van der Waals surface area contributed by atoms with Crippen molar-refractivity contribution in [2.24, 2.45) is 0 Å². The summed E-state index contributed by atoms with van der Waals surface area (Å²) < 4.78 is 21.9. The molecule has 0 atom stereocenters. The van der Waals surface area contributed by atoms with Gasteiger partial charge in [0.1, 0.15) is 0 Å². The summed E-state index contributed by atoms with van der Waals surface area (Å²) in [6.07, 6.45) is -1.52. The number of carbonyl (C=O) groups is 1. The molecule has 0 rings (SSSR count). The molecule has 5 nitrogen and oxygen atoms in total. The van der Waals surface area contributed by atoms with E-state index in [4.69, 9.17) is 15.8 Å². The Morgan fingerprint density at radius 1 is 1.42 bits per heavy atom. The predicted molar refractivity (Wildman–Crippen MR) is 48.0 cm³/mol. The second kappa shape index (κ2) is 3.23. The maximum Gasteiger partial charge on any atom is 0.413 e. The van der Waals surface area contributed by atoms with Crippen LogP contribution in [0.15, 0.2) is 0 Å². The van der Waals surface area contributed by atoms with E-state index in [0.717, 1.165) is 0 Å². The molecule has 0 fully saturated rings. The van der Waals surface area contributed by atoms with Gasteiger partial charge in [-0.25, -0.2) is 8.77 Å². The number of carboxylic acid groups (broad SMARTS) is 1. The third kappa shape index (κ3) is 3.00. The van der Waals surface area contributed by atoms with E-state index in [0.29, 0.717) is 3.97 Å². The summed E-state index contributed by atoms with van der Waals surface area (Å²) in [5, 5.41) is 8.54. The molecule has 0 aliphatic rings. The van der Waals surface area contributed by atoms with Crippen molar-refractivity contribution in [2.75, 3.05) is 0 Å². The van der Waals surface area contributed by atoms with Gasteiger partial charge in [0.25, 0.3) is 0 Å². The molecule has 0 radical (unpaired) electrons. The Balaban J connectivity index is 5.11. The van der Waals surface area contributed by atoms with Crippen molar-refractivity contribution in [3.63, 3.8) is 0 Å². The molecule has 0 saturated heterocycles. The minimum Gasteiger partial charge on any atom is -0.465 e. The van der Waals surface area contributed by atoms with E-state index in [1.54, 1.807) is 19.6 Å². The molecule has 0 aliphatic carbocycles. The first-order valence-electron chi connectivity index (χ1n) is 3.05. The summed E-state index contributed by atoms with van der Waals surface area (Å²) in [7, 11) is -1.69. The van der Waals surface area contributed by atoms with Crippen molar-refractivity contribution in [1.82, 2.24) is 3.97 Å². The van der Waals surface area contributed by atoms with Gasteiger partial charge in [0.2, 0.25) is 0 Å². The van der Waals surface area contributed by atoms with Crippen molar-refractivity contribution in [2.45, 2.75) is 19.6 Å². The Hall–Kier alpha value is -0.273. The Kier molecular flexibility index (Phi) is 3.16. The molecule has 0 unspecified atom stereocenters. The van der Waals surface area contributed by atoms with Gasteiger partial charge in [-0.05, 0) is 0 Å². The molecule has 0 saturated carbocycles. The largest absolute Gasteiger partial charge is 0.465 e. The zero-order chi connectivity index (χ0) is 10.2. The van der Waals surface area contributed by atoms with E-state index in [1.807, 2.05) is 0 Å². The maximum absolute atomic E-state index is 10.8. The van der Waals surface area contributed by atoms with E-state index in [9.17, 15) is 13.2 Å². The molecule has 0 bridgehead atoms. The third-order valence-electron chi connectivity index (χ3n) is 1.00. The Labute approximate surface area is 76.6 Å². The van der Waals surface area contributed by atoms with Crippen molar-refractivity contribution >= 4 is 34.2 Å². The monoisotopic (exact) mass is 231 g/mol. The maximum atomic E-state index is 10.8. The molecule has 72 valence electrons. The first-order valence-corrected chi connectivity index (χ1v) is 8.76. The normalized spacial score (nSPS) is 12.7. The van der Waals surface area contributed by atoms with Gasteiger partial charge < -0.3 is 5.11 Å². The molecule has 0 aromatic heterocycles. The minimum atomic E-state index is -4.15. The van der Waals surface area contributed by atoms with Crippen LogP contribution in [-0.4, -0.2) is 31.8 Å². The first-order chi connectivity index (χ1) is 5.07. The van der Waals surface area contributed by atoms with Gasteiger partial charge in [-0.15, -0.1) is 0 Å². The van der Waals surface area contributed by atoms with E-state index in [2.05, 4.69) is 0 Å². The highest BCUT2D eigenvalue weighted by Crippen LogP contribution is 2.17. The average molecular weight is 232 g/mol. The Bertz CT molecular complexity index is 282. The van der Waals surface area contributed by atoms with E-state index < -0.39 is 23.6 Å². The molecule has 1 N–H and O–H groups in total. The second-order valence-electron chi connectivity index (χ2n) is 3.16. The van der Waals surface area contributed by atoms with Crippen LogP contribution in [0.1, 0.15) is 0 Å². The molecule has 1 amide bonds. The average Bonchev–Trinajstić information content (AvgIpc) is 1.49. The zero-order valence-electron chi connectivity index (χ0n) is 6.91. The molecule has 0 aliphatic heterocycles. The number of amides is 1. The molecule has 0 aromatic rings. The third-order valence-corrected chi connectivity index (χ3v) is 6.13. The lowest BCUT2D eigenvalue weighted by Crippen LogP contribution is -2.50. The van der Waals surface area contributed by atoms with Crippen LogP contribution in [0, 0.1) is 0 Å². The number of rotatable bonds is 2. The fraction of sp³-hybridized carbons (Fsp3) is 0.750. The summed E-state index contributed by atoms with van der Waals surface area (Å²) in [4.78, 5) is 10.5. The lowest BCUT2D eigenvalue weighted by molar-refractivity contribution is 0.186. The zero-order valence-corrected chi connectivity index (χ0v) is 9.48. The highest BCUT2D eigenvalue weighted by molar-refractivity contribution is 8.13. The minimum absolute atomic E-state index is 0.335. The predicted octanol–water partition coefficient (Wildman–Crippen LogP) is 1.28. The number of hydrogen-bond donors (Lipinski definition) is 1. The summed E-state index contributed by atoms with van der Waals surface area (Å²) in [5.74, 6) is 0. The molecular formula is C4H10ClNO4SSi. The molecule has 0 heterocycles. The van der Waals surface area contributed by atoms with Crippen LogP contribution in [0.4, 0.5) is 4.79 Å². The van der Waals surface area contributed by atoms with Crippen LogP contribution < -0.4 is 0 Å². The fourth-order valence-corrected chi connectivity index (χ4v) is 6.12. The van der Waals surface area contributed by atoms with Crippen LogP contribution in [-0.2, 0) is 9.24 Å². The summed E-state index contributed by atoms with van der Waals surface area (Å²) >= 11 is 0. The summed E-state index contributed by atoms with van der Waals surface area (Å²) in [5.41, 5.74) is 0. The van der Waals surface area contributed by atoms with E-state index in [1.165, 1.54) is 0 Å². The van der Waals surface area contributed by atoms with Crippen molar-refractivity contribution in [3.05, 3.63) is 0 Å². The van der Waals surface area contributed by atoms with Gasteiger partial charge in [0.05, 0.1) is 0 Å². The van der Waals surface area contributed by atoms with Gasteiger partial charge >= 0.3 is 15.3 Å². The van der Waals surface area contributed by atoms with Crippen molar-refractivity contribution in [3.8, 4) is 0 Å². The van der Waals surface area contributed by atoms with E-state index in [-0.39, 0.29) is 0 Å². The van der Waals surface area contributed by atoms with Gasteiger partial charge in [-0.1, -0.05) is 19.6 Å². The summed E-state index contributed by atoms with van der Waals surface area (Å²) in [6, 6.07) is 0. The van der Waals surface area contributed by atoms with Crippen LogP contribution in [0.2, 0.25) is 19.6 Å². The Morgan fingerprint density at radius 3 is 1.75 bits per heavy atom. The smallest absolute Gasteiger partial charge is 0.413 e. The van der Waals surface area contributed by atoms with Crippen LogP contribution in [0.5, 0.6) is 0 Å². The molecule has 0 aromatic carbocycles. The molecule has 12 heavy (non-hydrogen) atoms. The Morgan fingerprint density at radius 2 is 1.75 bits per heavy atom.